The molecular weight excluding hydrogens is 338 g/mol. The topological polar surface area (TPSA) is 47.4 Å². The fourth-order valence-corrected chi connectivity index (χ4v) is 3.62. The maximum atomic E-state index is 12.7. The van der Waals surface area contributed by atoms with Crippen LogP contribution in [0.15, 0.2) is 42.5 Å². The van der Waals surface area contributed by atoms with E-state index in [0.717, 1.165) is 59.7 Å². The fourth-order valence-electron chi connectivity index (χ4n) is 3.62. The van der Waals surface area contributed by atoms with Gasteiger partial charge in [-0.2, -0.15) is 0 Å². The van der Waals surface area contributed by atoms with Crippen molar-refractivity contribution in [3.8, 4) is 5.75 Å². The summed E-state index contributed by atoms with van der Waals surface area (Å²) in [5.41, 5.74) is 4.13. The summed E-state index contributed by atoms with van der Waals surface area (Å²) < 4.78 is 8.07. The number of aryl methyl sites for hydroxylation is 2. The van der Waals surface area contributed by atoms with Gasteiger partial charge in [0.1, 0.15) is 24.7 Å². The SMILES string of the molecule is Cc1ccc(C)c(OCc2nc3ccccc3n2CC(=O)N2CCCC2)c1. The average molecular weight is 363 g/mol. The summed E-state index contributed by atoms with van der Waals surface area (Å²) in [7, 11) is 0. The highest BCUT2D eigenvalue weighted by Gasteiger charge is 2.21. The van der Waals surface area contributed by atoms with E-state index >= 15 is 0 Å². The van der Waals surface area contributed by atoms with Crippen LogP contribution in [0.25, 0.3) is 11.0 Å². The van der Waals surface area contributed by atoms with Crippen molar-refractivity contribution in [1.82, 2.24) is 14.5 Å². The third kappa shape index (κ3) is 3.68. The number of likely N-dealkylation sites (tertiary alicyclic amines) is 1. The van der Waals surface area contributed by atoms with E-state index in [-0.39, 0.29) is 5.91 Å². The van der Waals surface area contributed by atoms with Gasteiger partial charge in [-0.1, -0.05) is 24.3 Å². The van der Waals surface area contributed by atoms with Crippen molar-refractivity contribution < 1.29 is 9.53 Å². The van der Waals surface area contributed by atoms with Crippen molar-refractivity contribution >= 4 is 16.9 Å². The number of rotatable bonds is 5. The third-order valence-corrected chi connectivity index (χ3v) is 5.19. The molecule has 3 aromatic rings. The van der Waals surface area contributed by atoms with Crippen LogP contribution in [-0.4, -0.2) is 33.4 Å². The molecule has 0 radical (unpaired) electrons. The molecule has 0 spiro atoms. The lowest BCUT2D eigenvalue weighted by atomic mass is 10.1. The largest absolute Gasteiger partial charge is 0.485 e. The van der Waals surface area contributed by atoms with Crippen molar-refractivity contribution in [2.45, 2.75) is 39.8 Å². The first-order valence-corrected chi connectivity index (χ1v) is 9.54. The van der Waals surface area contributed by atoms with Crippen LogP contribution >= 0.6 is 0 Å². The molecule has 27 heavy (non-hydrogen) atoms. The number of hydrogen-bond donors (Lipinski definition) is 0. The van der Waals surface area contributed by atoms with Crippen LogP contribution in [0, 0.1) is 13.8 Å². The predicted octanol–water partition coefficient (Wildman–Crippen LogP) is 3.85. The Balaban J connectivity index is 1.61. The molecule has 0 aliphatic carbocycles. The second-order valence-corrected chi connectivity index (χ2v) is 7.25. The number of aromatic nitrogens is 2. The van der Waals surface area contributed by atoms with Crippen molar-refractivity contribution in [2.24, 2.45) is 0 Å². The lowest BCUT2D eigenvalue weighted by molar-refractivity contribution is -0.130. The predicted molar refractivity (Wildman–Crippen MR) is 106 cm³/mol. The summed E-state index contributed by atoms with van der Waals surface area (Å²) in [6, 6.07) is 14.1. The van der Waals surface area contributed by atoms with E-state index in [1.54, 1.807) is 0 Å². The Labute approximate surface area is 159 Å². The lowest BCUT2D eigenvalue weighted by Crippen LogP contribution is -2.31. The van der Waals surface area contributed by atoms with Gasteiger partial charge >= 0.3 is 0 Å². The normalized spacial score (nSPS) is 14.1. The first kappa shape index (κ1) is 17.6. The van der Waals surface area contributed by atoms with E-state index in [9.17, 15) is 4.79 Å². The maximum absolute atomic E-state index is 12.7. The number of ether oxygens (including phenoxy) is 1. The summed E-state index contributed by atoms with van der Waals surface area (Å²) in [4.78, 5) is 19.4. The molecule has 0 unspecified atom stereocenters. The minimum absolute atomic E-state index is 0.156. The van der Waals surface area contributed by atoms with Crippen molar-refractivity contribution in [3.05, 3.63) is 59.4 Å². The monoisotopic (exact) mass is 363 g/mol. The van der Waals surface area contributed by atoms with Crippen molar-refractivity contribution in [1.29, 1.82) is 0 Å². The zero-order valence-electron chi connectivity index (χ0n) is 15.9. The second kappa shape index (κ2) is 7.43. The first-order chi connectivity index (χ1) is 13.1. The molecule has 0 saturated carbocycles. The van der Waals surface area contributed by atoms with Crippen LogP contribution in [0.3, 0.4) is 0 Å². The van der Waals surface area contributed by atoms with Crippen LogP contribution < -0.4 is 4.74 Å². The highest BCUT2D eigenvalue weighted by molar-refractivity contribution is 5.81. The van der Waals surface area contributed by atoms with Crippen molar-refractivity contribution in [3.63, 3.8) is 0 Å². The van der Waals surface area contributed by atoms with Crippen LogP contribution in [0.1, 0.15) is 29.8 Å². The van der Waals surface area contributed by atoms with E-state index in [0.29, 0.717) is 13.2 Å². The van der Waals surface area contributed by atoms with Gasteiger partial charge in [-0.05, 0) is 56.0 Å². The zero-order valence-corrected chi connectivity index (χ0v) is 15.9. The van der Waals surface area contributed by atoms with E-state index in [2.05, 4.69) is 19.1 Å². The van der Waals surface area contributed by atoms with Crippen LogP contribution in [0.5, 0.6) is 5.75 Å². The molecule has 0 N–H and O–H groups in total. The Hall–Kier alpha value is -2.82. The fraction of sp³-hybridized carbons (Fsp3) is 0.364. The Morgan fingerprint density at radius 1 is 1.11 bits per heavy atom. The Bertz CT molecular complexity index is 971. The average Bonchev–Trinajstić information content (AvgIpc) is 3.31. The van der Waals surface area contributed by atoms with Gasteiger partial charge in [-0.15, -0.1) is 0 Å². The Morgan fingerprint density at radius 3 is 2.70 bits per heavy atom. The molecule has 1 saturated heterocycles. The molecule has 1 fully saturated rings. The highest BCUT2D eigenvalue weighted by Crippen LogP contribution is 2.22. The van der Waals surface area contributed by atoms with Gasteiger partial charge in [-0.3, -0.25) is 4.79 Å². The number of fused-ring (bicyclic) bond motifs is 1. The molecule has 1 aliphatic rings. The molecule has 4 rings (SSSR count). The standard InChI is InChI=1S/C22H25N3O2/c1-16-9-10-17(2)20(13-16)27-15-21-23-18-7-3-4-8-19(18)25(21)14-22(26)24-11-5-6-12-24/h3-4,7-10,13H,5-6,11-12,14-15H2,1-2H3. The van der Waals surface area contributed by atoms with Gasteiger partial charge in [0.2, 0.25) is 5.91 Å². The van der Waals surface area contributed by atoms with E-state index in [1.165, 1.54) is 0 Å². The summed E-state index contributed by atoms with van der Waals surface area (Å²) >= 11 is 0. The molecule has 140 valence electrons. The van der Waals surface area contributed by atoms with Gasteiger partial charge in [0, 0.05) is 13.1 Å². The molecule has 5 heteroatoms. The van der Waals surface area contributed by atoms with Crippen LogP contribution in [0.2, 0.25) is 0 Å². The van der Waals surface area contributed by atoms with Crippen LogP contribution in [-0.2, 0) is 17.9 Å². The number of carbonyl (C=O) groups excluding carboxylic acids is 1. The Kier molecular flexibility index (Phi) is 4.84. The second-order valence-electron chi connectivity index (χ2n) is 7.25. The van der Waals surface area contributed by atoms with Gasteiger partial charge in [0.05, 0.1) is 11.0 Å². The van der Waals surface area contributed by atoms with Gasteiger partial charge in [0.15, 0.2) is 0 Å². The highest BCUT2D eigenvalue weighted by atomic mass is 16.5. The minimum Gasteiger partial charge on any atom is -0.485 e. The number of amides is 1. The Morgan fingerprint density at radius 2 is 1.89 bits per heavy atom. The van der Waals surface area contributed by atoms with Gasteiger partial charge in [0.25, 0.3) is 0 Å². The summed E-state index contributed by atoms with van der Waals surface area (Å²) in [5, 5.41) is 0. The molecule has 2 aromatic carbocycles. The molecule has 5 nitrogen and oxygen atoms in total. The molecule has 1 aliphatic heterocycles. The minimum atomic E-state index is 0.156. The van der Waals surface area contributed by atoms with E-state index < -0.39 is 0 Å². The van der Waals surface area contributed by atoms with E-state index in [1.807, 2.05) is 46.7 Å². The number of hydrogen-bond acceptors (Lipinski definition) is 3. The summed E-state index contributed by atoms with van der Waals surface area (Å²) in [5.74, 6) is 1.80. The number of carbonyl (C=O) groups is 1. The smallest absolute Gasteiger partial charge is 0.242 e. The molecule has 0 bridgehead atoms. The molecule has 1 aromatic heterocycles. The third-order valence-electron chi connectivity index (χ3n) is 5.19. The van der Waals surface area contributed by atoms with Gasteiger partial charge in [-0.25, -0.2) is 4.98 Å². The number of nitrogens with zero attached hydrogens (tertiary/aromatic N) is 3. The molecule has 1 amide bonds. The van der Waals surface area contributed by atoms with Crippen molar-refractivity contribution in [2.75, 3.05) is 13.1 Å². The summed E-state index contributed by atoms with van der Waals surface area (Å²) in [6.45, 7) is 6.46. The van der Waals surface area contributed by atoms with E-state index in [4.69, 9.17) is 9.72 Å². The number of para-hydroxylation sites is 2. The number of imidazole rings is 1. The molecule has 2 heterocycles. The molecular formula is C22H25N3O2. The lowest BCUT2D eigenvalue weighted by Gasteiger charge is -2.17. The molecule has 0 atom stereocenters. The summed E-state index contributed by atoms with van der Waals surface area (Å²) in [6.07, 6.45) is 2.19. The van der Waals surface area contributed by atoms with Gasteiger partial charge < -0.3 is 14.2 Å². The number of benzene rings is 2. The van der Waals surface area contributed by atoms with Crippen LogP contribution in [0.4, 0.5) is 0 Å². The zero-order chi connectivity index (χ0) is 18.8. The maximum Gasteiger partial charge on any atom is 0.242 e. The first-order valence-electron chi connectivity index (χ1n) is 9.54. The quantitative estimate of drug-likeness (QED) is 0.692.